The fraction of sp³-hybridized carbons (Fsp3) is 0.944. The Morgan fingerprint density at radius 3 is 0.747 bits per heavy atom. The van der Waals surface area contributed by atoms with Crippen LogP contribution in [0.25, 0.3) is 0 Å². The molecule has 0 heterocycles. The number of ether oxygens (including phenoxy) is 4. The van der Waals surface area contributed by atoms with E-state index in [1.165, 1.54) is 167 Å². The molecular weight excluding hydrogens is 1200 g/mol. The van der Waals surface area contributed by atoms with Crippen molar-refractivity contribution >= 4 is 39.5 Å². The highest BCUT2D eigenvalue weighted by Crippen LogP contribution is 2.45. The molecule has 0 saturated carbocycles. The minimum atomic E-state index is -4.95. The Hall–Kier alpha value is -1.94. The van der Waals surface area contributed by atoms with E-state index in [-0.39, 0.29) is 25.7 Å². The van der Waals surface area contributed by atoms with Gasteiger partial charge in [-0.3, -0.25) is 37.3 Å². The van der Waals surface area contributed by atoms with Gasteiger partial charge < -0.3 is 33.8 Å². The largest absolute Gasteiger partial charge is 0.472 e. The van der Waals surface area contributed by atoms with Gasteiger partial charge in [0.25, 0.3) is 0 Å². The molecule has 0 bridgehead atoms. The maximum absolute atomic E-state index is 13.0. The third-order valence-electron chi connectivity index (χ3n) is 16.6. The second-order valence-electron chi connectivity index (χ2n) is 27.4. The lowest BCUT2D eigenvalue weighted by molar-refractivity contribution is -0.161. The number of carbonyl (C=O) groups is 4. The standard InChI is InChI=1S/C72H140O17P2/c1-8-9-10-11-12-13-26-32-41-48-55-71(76)89-68(60-83-70(75)54-47-40-35-34-38-45-52-65(6)7)62-87-91(80,81)85-58-66(73)57-84-90(78,79)86-61-67(59-82-69(74)53-46-39-31-27-23-19-21-25-30-37-44-51-64(4)5)88-72(77)56-49-42-33-28-22-18-16-14-15-17-20-24-29-36-43-50-63(2)3/h63-68,73H,8-62H2,1-7H3,(H,78,79)(H,80,81)/t66-,67-,68-/m1/s1. The lowest BCUT2D eigenvalue weighted by atomic mass is 10.0. The molecule has 0 aromatic heterocycles. The first-order valence-corrected chi connectivity index (χ1v) is 40.3. The molecule has 2 unspecified atom stereocenters. The first kappa shape index (κ1) is 89.1. The summed E-state index contributed by atoms with van der Waals surface area (Å²) in [5.41, 5.74) is 0. The van der Waals surface area contributed by atoms with Crippen molar-refractivity contribution < 1.29 is 80.2 Å². The lowest BCUT2D eigenvalue weighted by Gasteiger charge is -2.21. The molecule has 0 fully saturated rings. The Labute approximate surface area is 556 Å². The molecule has 0 aromatic carbocycles. The average Bonchev–Trinajstić information content (AvgIpc) is 3.41. The normalized spacial score (nSPS) is 14.2. The van der Waals surface area contributed by atoms with Gasteiger partial charge in [0.15, 0.2) is 12.2 Å². The molecule has 17 nitrogen and oxygen atoms in total. The molecule has 91 heavy (non-hydrogen) atoms. The Bertz CT molecular complexity index is 1780. The van der Waals surface area contributed by atoms with Crippen LogP contribution in [-0.2, 0) is 65.4 Å². The molecule has 0 saturated heterocycles. The second kappa shape index (κ2) is 62.8. The average molecular weight is 1340 g/mol. The van der Waals surface area contributed by atoms with Gasteiger partial charge in [0.1, 0.15) is 19.3 Å². The molecule has 0 rings (SSSR count). The summed E-state index contributed by atoms with van der Waals surface area (Å²) in [7, 11) is -9.90. The highest BCUT2D eigenvalue weighted by atomic mass is 31.2. The van der Waals surface area contributed by atoms with Crippen molar-refractivity contribution in [3.05, 3.63) is 0 Å². The highest BCUT2D eigenvalue weighted by molar-refractivity contribution is 7.47. The molecule has 0 amide bonds. The molecule has 0 aliphatic carbocycles. The molecule has 0 aliphatic rings. The third kappa shape index (κ3) is 66.5. The number of hydrogen-bond donors (Lipinski definition) is 3. The predicted octanol–water partition coefficient (Wildman–Crippen LogP) is 20.6. The number of esters is 4. The van der Waals surface area contributed by atoms with Crippen LogP contribution in [0.1, 0.15) is 363 Å². The number of hydrogen-bond acceptors (Lipinski definition) is 15. The van der Waals surface area contributed by atoms with Crippen molar-refractivity contribution in [3.63, 3.8) is 0 Å². The number of carbonyl (C=O) groups excluding carboxylic acids is 4. The monoisotopic (exact) mass is 1340 g/mol. The quantitative estimate of drug-likeness (QED) is 0.0222. The zero-order valence-corrected chi connectivity index (χ0v) is 61.1. The smallest absolute Gasteiger partial charge is 0.462 e. The van der Waals surface area contributed by atoms with Gasteiger partial charge in [0.2, 0.25) is 0 Å². The zero-order chi connectivity index (χ0) is 67.3. The number of aliphatic hydroxyl groups excluding tert-OH is 1. The van der Waals surface area contributed by atoms with E-state index in [0.717, 1.165) is 108 Å². The van der Waals surface area contributed by atoms with Crippen LogP contribution in [-0.4, -0.2) is 96.7 Å². The van der Waals surface area contributed by atoms with Gasteiger partial charge in [-0.15, -0.1) is 0 Å². The van der Waals surface area contributed by atoms with Gasteiger partial charge in [-0.2, -0.15) is 0 Å². The number of rotatable bonds is 70. The van der Waals surface area contributed by atoms with Crippen molar-refractivity contribution in [2.75, 3.05) is 39.6 Å². The molecule has 0 spiro atoms. The van der Waals surface area contributed by atoms with Gasteiger partial charge in [-0.25, -0.2) is 9.13 Å². The molecular formula is C72H140O17P2. The first-order valence-electron chi connectivity index (χ1n) is 37.3. The van der Waals surface area contributed by atoms with Crippen LogP contribution in [0.2, 0.25) is 0 Å². The zero-order valence-electron chi connectivity index (χ0n) is 59.3. The Morgan fingerprint density at radius 1 is 0.297 bits per heavy atom. The van der Waals surface area contributed by atoms with E-state index in [2.05, 4.69) is 48.5 Å². The van der Waals surface area contributed by atoms with E-state index in [9.17, 15) is 43.2 Å². The molecule has 0 aliphatic heterocycles. The summed E-state index contributed by atoms with van der Waals surface area (Å²) in [6.45, 7) is 11.8. The van der Waals surface area contributed by atoms with Crippen LogP contribution in [0.5, 0.6) is 0 Å². The van der Waals surface area contributed by atoms with Crippen molar-refractivity contribution in [1.82, 2.24) is 0 Å². The number of phosphoric acid groups is 2. The minimum Gasteiger partial charge on any atom is -0.462 e. The fourth-order valence-electron chi connectivity index (χ4n) is 10.9. The van der Waals surface area contributed by atoms with Crippen LogP contribution in [0.3, 0.4) is 0 Å². The molecule has 19 heteroatoms. The topological polar surface area (TPSA) is 237 Å². The summed E-state index contributed by atoms with van der Waals surface area (Å²) < 4.78 is 68.3. The maximum atomic E-state index is 13.0. The lowest BCUT2D eigenvalue weighted by Crippen LogP contribution is -2.30. The van der Waals surface area contributed by atoms with Gasteiger partial charge in [-0.1, -0.05) is 312 Å². The van der Waals surface area contributed by atoms with Gasteiger partial charge >= 0.3 is 39.5 Å². The maximum Gasteiger partial charge on any atom is 0.472 e. The summed E-state index contributed by atoms with van der Waals surface area (Å²) in [5.74, 6) is 0.128. The van der Waals surface area contributed by atoms with Gasteiger partial charge in [0, 0.05) is 25.7 Å². The summed E-state index contributed by atoms with van der Waals surface area (Å²) >= 11 is 0. The first-order chi connectivity index (χ1) is 43.7. The van der Waals surface area contributed by atoms with E-state index in [1.54, 1.807) is 0 Å². The number of aliphatic hydroxyl groups is 1. The van der Waals surface area contributed by atoms with E-state index in [1.807, 2.05) is 0 Å². The van der Waals surface area contributed by atoms with Gasteiger partial charge in [0.05, 0.1) is 26.4 Å². The number of phosphoric ester groups is 2. The minimum absolute atomic E-state index is 0.105. The van der Waals surface area contributed by atoms with Crippen LogP contribution >= 0.6 is 15.6 Å². The molecule has 3 N–H and O–H groups in total. The van der Waals surface area contributed by atoms with Crippen LogP contribution in [0.15, 0.2) is 0 Å². The van der Waals surface area contributed by atoms with Crippen molar-refractivity contribution in [3.8, 4) is 0 Å². The molecule has 0 aromatic rings. The molecule has 540 valence electrons. The summed E-state index contributed by atoms with van der Waals surface area (Å²) in [6.07, 6.45) is 47.3. The molecule has 5 atom stereocenters. The predicted molar refractivity (Wildman–Crippen MR) is 368 cm³/mol. The van der Waals surface area contributed by atoms with E-state index >= 15 is 0 Å². The molecule has 0 radical (unpaired) electrons. The SMILES string of the molecule is CCCCCCCCCCCCC(=O)O[C@H](COC(=O)CCCCCCCCC(C)C)COP(=O)(O)OC[C@H](O)COP(=O)(O)OC[C@@H](COC(=O)CCCCCCCCCCCCCC(C)C)OC(=O)CCCCCCCCCCCCCCCCCC(C)C. The van der Waals surface area contributed by atoms with Crippen LogP contribution < -0.4 is 0 Å². The van der Waals surface area contributed by atoms with Crippen molar-refractivity contribution in [2.24, 2.45) is 17.8 Å². The van der Waals surface area contributed by atoms with Crippen LogP contribution in [0, 0.1) is 17.8 Å². The van der Waals surface area contributed by atoms with Gasteiger partial charge in [-0.05, 0) is 43.4 Å². The van der Waals surface area contributed by atoms with E-state index < -0.39 is 97.5 Å². The Kier molecular flexibility index (Phi) is 61.5. The van der Waals surface area contributed by atoms with E-state index in [0.29, 0.717) is 31.6 Å². The van der Waals surface area contributed by atoms with E-state index in [4.69, 9.17) is 37.0 Å². The Balaban J connectivity index is 5.22. The highest BCUT2D eigenvalue weighted by Gasteiger charge is 2.30. The Morgan fingerprint density at radius 2 is 0.505 bits per heavy atom. The second-order valence-corrected chi connectivity index (χ2v) is 30.3. The third-order valence-corrected chi connectivity index (χ3v) is 18.5. The van der Waals surface area contributed by atoms with Crippen molar-refractivity contribution in [1.29, 1.82) is 0 Å². The summed E-state index contributed by atoms with van der Waals surface area (Å²) in [6, 6.07) is 0. The fourth-order valence-corrected chi connectivity index (χ4v) is 12.5. The van der Waals surface area contributed by atoms with Crippen LogP contribution in [0.4, 0.5) is 0 Å². The summed E-state index contributed by atoms with van der Waals surface area (Å²) in [4.78, 5) is 72.5. The number of unbranched alkanes of at least 4 members (excludes halogenated alkanes) is 38. The summed E-state index contributed by atoms with van der Waals surface area (Å²) in [5, 5.41) is 10.6. The van der Waals surface area contributed by atoms with Crippen molar-refractivity contribution in [2.45, 2.75) is 381 Å².